The van der Waals surface area contributed by atoms with Crippen molar-refractivity contribution in [2.24, 2.45) is 11.1 Å². The highest BCUT2D eigenvalue weighted by Crippen LogP contribution is 2.36. The van der Waals surface area contributed by atoms with Gasteiger partial charge in [0.1, 0.15) is 24.7 Å². The van der Waals surface area contributed by atoms with Crippen LogP contribution in [-0.2, 0) is 13.2 Å². The largest absolute Gasteiger partial charge is 0.489 e. The summed E-state index contributed by atoms with van der Waals surface area (Å²) in [5, 5.41) is 23.9. The molecule has 40 heavy (non-hydrogen) atoms. The Labute approximate surface area is 235 Å². The number of hydrogen-bond acceptors (Lipinski definition) is 6. The molecule has 1 aliphatic carbocycles. The van der Waals surface area contributed by atoms with Crippen molar-refractivity contribution in [2.45, 2.75) is 38.5 Å². The first-order chi connectivity index (χ1) is 19.7. The number of allylic oxidation sites excluding steroid dienone is 1. The predicted octanol–water partition coefficient (Wildman–Crippen LogP) is 7.58. The Balaban J connectivity index is 1.25. The number of hydrogen-bond donors (Lipinski definition) is 3. The standard InChI is InChI=1S/C34H34N2O4/c37-35-33(28-16-20-31(21-17-28)40-24-27-10-5-2-6-11-27)32-13-7-12-29(34(32)36-38)22-25-14-18-30(19-15-25)39-23-26-8-3-1-4-9-26/h1-6,8-11,14-22,32-33,35,37-38H,7,12-13,23-24H2/b29-22-,36-34?/t32-,33-/m1/s1. The number of nitrogens with one attached hydrogen (secondary N) is 1. The smallest absolute Gasteiger partial charge is 0.119 e. The normalized spacial score (nSPS) is 18.0. The summed E-state index contributed by atoms with van der Waals surface area (Å²) >= 11 is 0. The molecule has 0 heterocycles. The molecule has 0 aromatic heterocycles. The monoisotopic (exact) mass is 534 g/mol. The molecule has 0 amide bonds. The highest BCUT2D eigenvalue weighted by Gasteiger charge is 2.33. The van der Waals surface area contributed by atoms with E-state index in [-0.39, 0.29) is 5.92 Å². The molecule has 6 heteroatoms. The minimum Gasteiger partial charge on any atom is -0.489 e. The van der Waals surface area contributed by atoms with E-state index in [1.165, 1.54) is 0 Å². The molecule has 3 N–H and O–H groups in total. The van der Waals surface area contributed by atoms with E-state index in [4.69, 9.17) is 9.47 Å². The molecule has 6 nitrogen and oxygen atoms in total. The van der Waals surface area contributed by atoms with Gasteiger partial charge in [-0.05, 0) is 77.4 Å². The molecular formula is C34H34N2O4. The van der Waals surface area contributed by atoms with Gasteiger partial charge in [0.05, 0.1) is 11.8 Å². The van der Waals surface area contributed by atoms with E-state index in [9.17, 15) is 10.4 Å². The first-order valence-electron chi connectivity index (χ1n) is 13.6. The van der Waals surface area contributed by atoms with Crippen LogP contribution in [0.5, 0.6) is 11.5 Å². The molecular weight excluding hydrogens is 500 g/mol. The lowest BCUT2D eigenvalue weighted by atomic mass is 9.77. The first-order valence-corrected chi connectivity index (χ1v) is 13.6. The predicted molar refractivity (Wildman–Crippen MR) is 157 cm³/mol. The average Bonchev–Trinajstić information content (AvgIpc) is 3.02. The lowest BCUT2D eigenvalue weighted by Crippen LogP contribution is -2.34. The van der Waals surface area contributed by atoms with Crippen LogP contribution in [0.25, 0.3) is 6.08 Å². The number of oxime groups is 1. The van der Waals surface area contributed by atoms with E-state index in [2.05, 4.69) is 16.7 Å². The molecule has 0 bridgehead atoms. The first kappa shape index (κ1) is 27.2. The second kappa shape index (κ2) is 13.6. The number of benzene rings is 4. The summed E-state index contributed by atoms with van der Waals surface area (Å²) in [7, 11) is 0. The summed E-state index contributed by atoms with van der Waals surface area (Å²) in [6, 6.07) is 35.2. The summed E-state index contributed by atoms with van der Waals surface area (Å²) in [4.78, 5) is 0. The van der Waals surface area contributed by atoms with Crippen LogP contribution in [0.15, 0.2) is 120 Å². The molecule has 2 atom stereocenters. The van der Waals surface area contributed by atoms with Crippen LogP contribution >= 0.6 is 0 Å². The highest BCUT2D eigenvalue weighted by molar-refractivity contribution is 6.06. The average molecular weight is 535 g/mol. The highest BCUT2D eigenvalue weighted by atomic mass is 16.5. The zero-order chi connectivity index (χ0) is 27.6. The van der Waals surface area contributed by atoms with E-state index < -0.39 is 6.04 Å². The maximum absolute atomic E-state index is 10.2. The van der Waals surface area contributed by atoms with Gasteiger partial charge in [0.25, 0.3) is 0 Å². The van der Waals surface area contributed by atoms with E-state index in [1.807, 2.05) is 109 Å². The van der Waals surface area contributed by atoms with Crippen LogP contribution in [0.1, 0.15) is 47.6 Å². The minimum atomic E-state index is -0.425. The molecule has 0 spiro atoms. The fraction of sp³-hybridized carbons (Fsp3) is 0.206. The quantitative estimate of drug-likeness (QED) is 0.144. The molecule has 204 valence electrons. The van der Waals surface area contributed by atoms with E-state index in [1.54, 1.807) is 0 Å². The van der Waals surface area contributed by atoms with Crippen molar-refractivity contribution in [3.8, 4) is 11.5 Å². The van der Waals surface area contributed by atoms with Gasteiger partial charge in [0, 0.05) is 5.92 Å². The lowest BCUT2D eigenvalue weighted by Gasteiger charge is -2.32. The van der Waals surface area contributed by atoms with Gasteiger partial charge in [-0.3, -0.25) is 0 Å². The molecule has 5 rings (SSSR count). The van der Waals surface area contributed by atoms with Crippen molar-refractivity contribution in [3.63, 3.8) is 0 Å². The third-order valence-electron chi connectivity index (χ3n) is 7.25. The summed E-state index contributed by atoms with van der Waals surface area (Å²) in [6.07, 6.45) is 4.56. The molecule has 1 saturated carbocycles. The fourth-order valence-electron chi connectivity index (χ4n) is 5.14. The number of ether oxygens (including phenoxy) is 2. The molecule has 1 fully saturated rings. The molecule has 0 radical (unpaired) electrons. The number of rotatable bonds is 10. The van der Waals surface area contributed by atoms with E-state index >= 15 is 0 Å². The molecule has 0 saturated heterocycles. The number of nitrogens with zero attached hydrogens (tertiary/aromatic N) is 1. The Bertz CT molecular complexity index is 1400. The molecule has 0 aliphatic heterocycles. The van der Waals surface area contributed by atoms with Gasteiger partial charge in [-0.1, -0.05) is 90.1 Å². The van der Waals surface area contributed by atoms with Crippen molar-refractivity contribution < 1.29 is 19.9 Å². The summed E-state index contributed by atoms with van der Waals surface area (Å²) in [5.41, 5.74) is 8.12. The molecule has 4 aromatic rings. The van der Waals surface area contributed by atoms with Crippen molar-refractivity contribution in [1.82, 2.24) is 5.48 Å². The third kappa shape index (κ3) is 6.97. The van der Waals surface area contributed by atoms with Crippen LogP contribution in [0.4, 0.5) is 0 Å². The van der Waals surface area contributed by atoms with Gasteiger partial charge in [-0.2, -0.15) is 5.48 Å². The Morgan fingerprint density at radius 2 is 1.32 bits per heavy atom. The fourth-order valence-corrected chi connectivity index (χ4v) is 5.14. The zero-order valence-corrected chi connectivity index (χ0v) is 22.3. The van der Waals surface area contributed by atoms with Crippen molar-refractivity contribution in [2.75, 3.05) is 0 Å². The molecule has 1 aliphatic rings. The Kier molecular flexibility index (Phi) is 9.25. The minimum absolute atomic E-state index is 0.195. The van der Waals surface area contributed by atoms with Gasteiger partial charge >= 0.3 is 0 Å². The van der Waals surface area contributed by atoms with E-state index in [0.29, 0.717) is 18.9 Å². The van der Waals surface area contributed by atoms with Crippen LogP contribution in [-0.4, -0.2) is 16.1 Å². The molecule has 4 aromatic carbocycles. The van der Waals surface area contributed by atoms with Gasteiger partial charge in [-0.25, -0.2) is 0 Å². The number of hydroxylamine groups is 1. The van der Waals surface area contributed by atoms with Crippen molar-refractivity contribution in [3.05, 3.63) is 137 Å². The van der Waals surface area contributed by atoms with Gasteiger partial charge in [0.2, 0.25) is 0 Å². The van der Waals surface area contributed by atoms with Crippen molar-refractivity contribution in [1.29, 1.82) is 0 Å². The Hall–Kier alpha value is -4.39. The van der Waals surface area contributed by atoms with Crippen LogP contribution < -0.4 is 15.0 Å². The SMILES string of the molecule is ON=C1/C(=C\c2ccc(OCc3ccccc3)cc2)CCC[C@@H]1[C@H](NO)c1ccc(OCc2ccccc2)cc1. The van der Waals surface area contributed by atoms with Crippen LogP contribution in [0, 0.1) is 5.92 Å². The van der Waals surface area contributed by atoms with Crippen LogP contribution in [0.2, 0.25) is 0 Å². The maximum atomic E-state index is 10.2. The van der Waals surface area contributed by atoms with Crippen molar-refractivity contribution >= 4 is 11.8 Å². The third-order valence-corrected chi connectivity index (χ3v) is 7.25. The summed E-state index contributed by atoms with van der Waals surface area (Å²) in [6.45, 7) is 1.00. The van der Waals surface area contributed by atoms with Crippen LogP contribution in [0.3, 0.4) is 0 Å². The zero-order valence-electron chi connectivity index (χ0n) is 22.3. The van der Waals surface area contributed by atoms with Gasteiger partial charge < -0.3 is 19.9 Å². The second-order valence-electron chi connectivity index (χ2n) is 9.95. The van der Waals surface area contributed by atoms with Gasteiger partial charge in [0.15, 0.2) is 0 Å². The topological polar surface area (TPSA) is 83.3 Å². The van der Waals surface area contributed by atoms with Gasteiger partial charge in [-0.15, -0.1) is 0 Å². The Morgan fingerprint density at radius 1 is 0.775 bits per heavy atom. The van der Waals surface area contributed by atoms with E-state index in [0.717, 1.165) is 58.6 Å². The lowest BCUT2D eigenvalue weighted by molar-refractivity contribution is 0.106. The maximum Gasteiger partial charge on any atom is 0.119 e. The summed E-state index contributed by atoms with van der Waals surface area (Å²) < 4.78 is 11.8. The summed E-state index contributed by atoms with van der Waals surface area (Å²) in [5.74, 6) is 1.35. The molecule has 0 unspecified atom stereocenters. The second-order valence-corrected chi connectivity index (χ2v) is 9.95. The Morgan fingerprint density at radius 3 is 1.85 bits per heavy atom.